The molecule has 0 radical (unpaired) electrons. The second-order valence-electron chi connectivity index (χ2n) is 7.73. The molecule has 0 amide bonds. The molecule has 0 aliphatic heterocycles. The van der Waals surface area contributed by atoms with Crippen LogP contribution in [0.1, 0.15) is 66.7 Å². The molecule has 3 aliphatic rings. The molecule has 0 heterocycles. The predicted octanol–water partition coefficient (Wildman–Crippen LogP) is 6.68. The molecule has 22 heavy (non-hydrogen) atoms. The van der Waals surface area contributed by atoms with E-state index in [1.54, 1.807) is 16.7 Å². The number of hydrogen-bond donors (Lipinski definition) is 0. The minimum Gasteiger partial charge on any atom is -0.0730 e. The number of hydrogen-bond acceptors (Lipinski definition) is 0. The van der Waals surface area contributed by atoms with Gasteiger partial charge in [0.25, 0.3) is 0 Å². The van der Waals surface area contributed by atoms with E-state index in [9.17, 15) is 0 Å². The van der Waals surface area contributed by atoms with Crippen LogP contribution in [0.3, 0.4) is 0 Å². The van der Waals surface area contributed by atoms with Gasteiger partial charge in [-0.2, -0.15) is 0 Å². The summed E-state index contributed by atoms with van der Waals surface area (Å²) in [5.41, 5.74) is 9.43. The molecular formula is C22H30. The molecule has 0 saturated heterocycles. The van der Waals surface area contributed by atoms with Crippen LogP contribution in [0.5, 0.6) is 0 Å². The molecule has 0 aromatic carbocycles. The summed E-state index contributed by atoms with van der Waals surface area (Å²) in [5.74, 6) is 0.512. The highest BCUT2D eigenvalue weighted by Gasteiger charge is 2.39. The van der Waals surface area contributed by atoms with Crippen molar-refractivity contribution in [3.8, 4) is 0 Å². The minimum absolute atomic E-state index is 0.121. The van der Waals surface area contributed by atoms with Crippen LogP contribution in [0.25, 0.3) is 0 Å². The maximum Gasteiger partial charge on any atom is 0.0290 e. The lowest BCUT2D eigenvalue weighted by Crippen LogP contribution is -2.23. The standard InChI is InChI=1S/C22H30/c1-15-11-12-16(2)21(15)20-13-17(3)18(4)22(20,5)14-19-9-7-6-8-10-19/h11-14,21H,6-10H2,1-5H3. The van der Waals surface area contributed by atoms with Crippen LogP contribution in [0.2, 0.25) is 0 Å². The fourth-order valence-corrected chi connectivity index (χ4v) is 4.56. The zero-order chi connectivity index (χ0) is 15.9. The lowest BCUT2D eigenvalue weighted by atomic mass is 9.69. The maximum atomic E-state index is 2.63. The Labute approximate surface area is 136 Å². The fourth-order valence-electron chi connectivity index (χ4n) is 4.56. The van der Waals surface area contributed by atoms with Crippen molar-refractivity contribution in [2.75, 3.05) is 0 Å². The van der Waals surface area contributed by atoms with Gasteiger partial charge in [0.15, 0.2) is 0 Å². The average Bonchev–Trinajstić information content (AvgIpc) is 2.93. The molecule has 0 N–H and O–H groups in total. The summed E-state index contributed by atoms with van der Waals surface area (Å²) in [7, 11) is 0. The normalized spacial score (nSPS) is 29.7. The van der Waals surface area contributed by atoms with Gasteiger partial charge in [0.1, 0.15) is 0 Å². The van der Waals surface area contributed by atoms with Crippen molar-refractivity contribution in [1.82, 2.24) is 0 Å². The van der Waals surface area contributed by atoms with Crippen LogP contribution in [-0.2, 0) is 0 Å². The van der Waals surface area contributed by atoms with Gasteiger partial charge in [-0.15, -0.1) is 0 Å². The lowest BCUT2D eigenvalue weighted by molar-refractivity contribution is 0.538. The Kier molecular flexibility index (Phi) is 4.05. The largest absolute Gasteiger partial charge is 0.0730 e. The molecular weight excluding hydrogens is 264 g/mol. The van der Waals surface area contributed by atoms with Crippen LogP contribution < -0.4 is 0 Å². The third-order valence-corrected chi connectivity index (χ3v) is 6.16. The van der Waals surface area contributed by atoms with Crippen LogP contribution >= 0.6 is 0 Å². The van der Waals surface area contributed by atoms with E-state index in [0.717, 1.165) is 0 Å². The first-order chi connectivity index (χ1) is 10.4. The monoisotopic (exact) mass is 294 g/mol. The first kappa shape index (κ1) is 15.6. The SMILES string of the molecule is CC1=CC=C(C)C1C1=CC(C)=C(C)C1(C)C=C1CCCCC1. The molecule has 118 valence electrons. The molecule has 1 atom stereocenters. The van der Waals surface area contributed by atoms with E-state index in [-0.39, 0.29) is 5.41 Å². The van der Waals surface area contributed by atoms with Crippen molar-refractivity contribution in [2.45, 2.75) is 66.7 Å². The van der Waals surface area contributed by atoms with Gasteiger partial charge in [-0.25, -0.2) is 0 Å². The summed E-state index contributed by atoms with van der Waals surface area (Å²) >= 11 is 0. The molecule has 0 aromatic rings. The molecule has 0 bridgehead atoms. The first-order valence-electron chi connectivity index (χ1n) is 8.89. The summed E-state index contributed by atoms with van der Waals surface area (Å²) in [4.78, 5) is 0. The highest BCUT2D eigenvalue weighted by molar-refractivity contribution is 5.55. The highest BCUT2D eigenvalue weighted by atomic mass is 14.4. The van der Waals surface area contributed by atoms with Gasteiger partial charge in [-0.1, -0.05) is 58.6 Å². The van der Waals surface area contributed by atoms with Gasteiger partial charge < -0.3 is 0 Å². The Hall–Kier alpha value is -1.30. The Bertz CT molecular complexity index is 607. The van der Waals surface area contributed by atoms with E-state index in [1.807, 2.05) is 0 Å². The minimum atomic E-state index is 0.121. The molecule has 0 nitrogen and oxygen atoms in total. The summed E-state index contributed by atoms with van der Waals surface area (Å²) < 4.78 is 0. The van der Waals surface area contributed by atoms with Crippen molar-refractivity contribution in [2.24, 2.45) is 11.3 Å². The summed E-state index contributed by atoms with van der Waals surface area (Å²) in [5, 5.41) is 0. The van der Waals surface area contributed by atoms with Gasteiger partial charge in [0.05, 0.1) is 0 Å². The quantitative estimate of drug-likeness (QED) is 0.498. The second kappa shape index (κ2) is 5.72. The van der Waals surface area contributed by atoms with E-state index in [0.29, 0.717) is 5.92 Å². The van der Waals surface area contributed by atoms with Gasteiger partial charge in [-0.05, 0) is 65.9 Å². The fraction of sp³-hybridized carbons (Fsp3) is 0.545. The number of rotatable bonds is 2. The average molecular weight is 294 g/mol. The summed E-state index contributed by atoms with van der Waals surface area (Å²) in [6.07, 6.45) is 16.5. The zero-order valence-corrected chi connectivity index (χ0v) is 14.9. The zero-order valence-electron chi connectivity index (χ0n) is 14.9. The van der Waals surface area contributed by atoms with Crippen molar-refractivity contribution >= 4 is 0 Å². The lowest BCUT2D eigenvalue weighted by Gasteiger charge is -2.34. The van der Waals surface area contributed by atoms with E-state index in [1.165, 1.54) is 48.8 Å². The van der Waals surface area contributed by atoms with Crippen LogP contribution in [-0.4, -0.2) is 0 Å². The van der Waals surface area contributed by atoms with Gasteiger partial charge in [-0.3, -0.25) is 0 Å². The predicted molar refractivity (Wildman–Crippen MR) is 96.7 cm³/mol. The highest BCUT2D eigenvalue weighted by Crippen LogP contribution is 2.52. The molecule has 0 spiro atoms. The van der Waals surface area contributed by atoms with E-state index in [2.05, 4.69) is 58.9 Å². The van der Waals surface area contributed by atoms with Crippen LogP contribution in [0.15, 0.2) is 57.7 Å². The van der Waals surface area contributed by atoms with Crippen molar-refractivity contribution < 1.29 is 0 Å². The van der Waals surface area contributed by atoms with Crippen LogP contribution in [0.4, 0.5) is 0 Å². The van der Waals surface area contributed by atoms with E-state index >= 15 is 0 Å². The Balaban J connectivity index is 2.01. The Morgan fingerprint density at radius 2 is 1.55 bits per heavy atom. The molecule has 3 rings (SSSR count). The topological polar surface area (TPSA) is 0 Å². The smallest absolute Gasteiger partial charge is 0.0290 e. The van der Waals surface area contributed by atoms with E-state index in [4.69, 9.17) is 0 Å². The molecule has 0 aromatic heterocycles. The second-order valence-corrected chi connectivity index (χ2v) is 7.73. The van der Waals surface area contributed by atoms with Crippen LogP contribution in [0, 0.1) is 11.3 Å². The van der Waals surface area contributed by atoms with Gasteiger partial charge >= 0.3 is 0 Å². The van der Waals surface area contributed by atoms with Gasteiger partial charge in [0, 0.05) is 11.3 Å². The third kappa shape index (κ3) is 2.47. The molecule has 1 unspecified atom stereocenters. The molecule has 0 heteroatoms. The molecule has 3 aliphatic carbocycles. The summed E-state index contributed by atoms with van der Waals surface area (Å²) in [6.45, 7) is 11.6. The van der Waals surface area contributed by atoms with E-state index < -0.39 is 0 Å². The van der Waals surface area contributed by atoms with Crippen molar-refractivity contribution in [1.29, 1.82) is 0 Å². The Morgan fingerprint density at radius 3 is 2.14 bits per heavy atom. The first-order valence-corrected chi connectivity index (χ1v) is 8.89. The number of allylic oxidation sites excluding steroid dienone is 10. The van der Waals surface area contributed by atoms with Crippen molar-refractivity contribution in [3.63, 3.8) is 0 Å². The third-order valence-electron chi connectivity index (χ3n) is 6.16. The maximum absolute atomic E-state index is 2.63. The van der Waals surface area contributed by atoms with Gasteiger partial charge in [0.2, 0.25) is 0 Å². The van der Waals surface area contributed by atoms with Crippen molar-refractivity contribution in [3.05, 3.63) is 57.7 Å². The summed E-state index contributed by atoms with van der Waals surface area (Å²) in [6, 6.07) is 0. The molecule has 1 saturated carbocycles. The molecule has 1 fully saturated rings. The Morgan fingerprint density at radius 1 is 0.955 bits per heavy atom.